The smallest absolute Gasteiger partial charge is 0.275 e. The van der Waals surface area contributed by atoms with Crippen LogP contribution in [0.2, 0.25) is 0 Å². The molecule has 4 rings (SSSR count). The molecule has 0 spiro atoms. The number of hydrogen-bond donors (Lipinski definition) is 2. The molecule has 10 heteroatoms. The number of carbonyl (C=O) groups is 1. The van der Waals surface area contributed by atoms with Crippen LogP contribution >= 0.6 is 11.8 Å². The third-order valence-electron chi connectivity index (χ3n) is 5.10. The molecule has 0 radical (unpaired) electrons. The molecule has 0 saturated carbocycles. The molecule has 1 aromatic carbocycles. The summed E-state index contributed by atoms with van der Waals surface area (Å²) in [5, 5.41) is 7.54. The van der Waals surface area contributed by atoms with E-state index in [9.17, 15) is 9.18 Å². The van der Waals surface area contributed by atoms with Crippen molar-refractivity contribution in [1.82, 2.24) is 19.7 Å². The number of anilines is 1. The molecule has 0 fully saturated rings. The molecule has 1 atom stereocenters. The maximum Gasteiger partial charge on any atom is 0.275 e. The molecular weight excluding hydrogens is 417 g/mol. The van der Waals surface area contributed by atoms with Crippen LogP contribution in [0.4, 0.5) is 10.1 Å². The predicted octanol–water partition coefficient (Wildman–Crippen LogP) is 3.34. The van der Waals surface area contributed by atoms with Crippen molar-refractivity contribution in [2.75, 3.05) is 11.1 Å². The third-order valence-corrected chi connectivity index (χ3v) is 5.89. The molecule has 3 N–H and O–H groups in total. The Hall–Kier alpha value is -3.27. The molecule has 0 bridgehead atoms. The van der Waals surface area contributed by atoms with E-state index in [-0.39, 0.29) is 5.69 Å². The maximum atomic E-state index is 14.6. The third kappa shape index (κ3) is 4.29. The molecule has 1 aliphatic rings. The van der Waals surface area contributed by atoms with Gasteiger partial charge in [0.05, 0.1) is 23.6 Å². The van der Waals surface area contributed by atoms with Crippen molar-refractivity contribution in [3.63, 3.8) is 0 Å². The van der Waals surface area contributed by atoms with Crippen LogP contribution in [-0.4, -0.2) is 36.6 Å². The normalized spacial score (nSPS) is 18.5. The molecule has 1 amide bonds. The minimum absolute atomic E-state index is 0.138. The van der Waals surface area contributed by atoms with Gasteiger partial charge in [0.25, 0.3) is 5.91 Å². The molecule has 3 heterocycles. The number of nitrogens with two attached hydrogens (primary N) is 1. The molecule has 8 nitrogen and oxygen atoms in total. The number of amides is 1. The number of aryl methyl sites for hydroxylation is 2. The first kappa shape index (κ1) is 21.0. The molecule has 31 heavy (non-hydrogen) atoms. The molecular formula is C21H22FN7OS. The first-order chi connectivity index (χ1) is 14.7. The molecule has 2 aromatic heterocycles. The van der Waals surface area contributed by atoms with Crippen LogP contribution in [0.3, 0.4) is 0 Å². The van der Waals surface area contributed by atoms with Crippen molar-refractivity contribution in [2.24, 2.45) is 10.7 Å². The van der Waals surface area contributed by atoms with E-state index in [1.807, 2.05) is 26.8 Å². The highest BCUT2D eigenvalue weighted by molar-refractivity contribution is 8.13. The minimum Gasteiger partial charge on any atom is -0.379 e. The summed E-state index contributed by atoms with van der Waals surface area (Å²) < 4.78 is 16.2. The Morgan fingerprint density at radius 2 is 2.06 bits per heavy atom. The lowest BCUT2D eigenvalue weighted by molar-refractivity contribution is 0.102. The summed E-state index contributed by atoms with van der Waals surface area (Å²) in [6.45, 7) is 5.65. The van der Waals surface area contributed by atoms with Crippen LogP contribution in [0.15, 0.2) is 41.7 Å². The van der Waals surface area contributed by atoms with Crippen molar-refractivity contribution in [1.29, 1.82) is 0 Å². The fraction of sp³-hybridized carbons (Fsp3) is 0.286. The van der Waals surface area contributed by atoms with E-state index in [0.29, 0.717) is 28.7 Å². The number of carbonyl (C=O) groups excluding carboxylic acids is 1. The monoisotopic (exact) mass is 439 g/mol. The highest BCUT2D eigenvalue weighted by atomic mass is 32.2. The number of thioether (sulfide) groups is 1. The molecule has 3 aromatic rings. The van der Waals surface area contributed by atoms with Gasteiger partial charge in [0.2, 0.25) is 0 Å². The minimum atomic E-state index is -0.776. The summed E-state index contributed by atoms with van der Waals surface area (Å²) in [5.41, 5.74) is 7.83. The molecule has 0 saturated heterocycles. The van der Waals surface area contributed by atoms with Crippen LogP contribution in [-0.2, 0) is 5.54 Å². The number of aliphatic imine (C=N–C) groups is 1. The van der Waals surface area contributed by atoms with Gasteiger partial charge < -0.3 is 11.1 Å². The summed E-state index contributed by atoms with van der Waals surface area (Å²) in [6.07, 6.45) is 3.52. The Labute approximate surface area is 183 Å². The Kier molecular flexibility index (Phi) is 5.48. The molecule has 1 aliphatic heterocycles. The standard InChI is InChI=1S/C21H22FN7OS/c1-12-8-13(2)29(28-12)18-11-24-17(10-25-18)19(30)26-14-4-5-16(22)15(9-14)21(3)6-7-31-20(23)27-21/h4-5,8-11H,6-7H2,1-3H3,(H2,23,27)(H,26,30)/t21-/m0/s1. The zero-order chi connectivity index (χ0) is 22.2. The van der Waals surface area contributed by atoms with Crippen molar-refractivity contribution < 1.29 is 9.18 Å². The van der Waals surface area contributed by atoms with Gasteiger partial charge in [-0.05, 0) is 51.5 Å². The van der Waals surface area contributed by atoms with Crippen LogP contribution in [0.25, 0.3) is 5.82 Å². The quantitative estimate of drug-likeness (QED) is 0.645. The molecule has 0 aliphatic carbocycles. The number of nitrogens with one attached hydrogen (secondary N) is 1. The van der Waals surface area contributed by atoms with E-state index in [0.717, 1.165) is 17.1 Å². The average Bonchev–Trinajstić information content (AvgIpc) is 3.07. The van der Waals surface area contributed by atoms with Gasteiger partial charge in [-0.25, -0.2) is 19.0 Å². The van der Waals surface area contributed by atoms with Crippen molar-refractivity contribution in [3.8, 4) is 5.82 Å². The Morgan fingerprint density at radius 3 is 2.71 bits per heavy atom. The Balaban J connectivity index is 1.55. The number of nitrogens with zero attached hydrogens (tertiary/aromatic N) is 5. The van der Waals surface area contributed by atoms with Gasteiger partial charge in [-0.15, -0.1) is 0 Å². The fourth-order valence-corrected chi connectivity index (χ4v) is 4.47. The van der Waals surface area contributed by atoms with E-state index < -0.39 is 17.3 Å². The lowest BCUT2D eigenvalue weighted by Crippen LogP contribution is -2.29. The second kappa shape index (κ2) is 8.10. The van der Waals surface area contributed by atoms with Crippen LogP contribution < -0.4 is 11.1 Å². The number of hydrogen-bond acceptors (Lipinski definition) is 7. The highest BCUT2D eigenvalue weighted by Gasteiger charge is 2.32. The highest BCUT2D eigenvalue weighted by Crippen LogP contribution is 2.37. The summed E-state index contributed by atoms with van der Waals surface area (Å²) in [5.74, 6) is 0.430. The average molecular weight is 440 g/mol. The summed E-state index contributed by atoms with van der Waals surface area (Å²) in [7, 11) is 0. The van der Waals surface area contributed by atoms with E-state index in [2.05, 4.69) is 25.4 Å². The van der Waals surface area contributed by atoms with Gasteiger partial charge >= 0.3 is 0 Å². The first-order valence-electron chi connectivity index (χ1n) is 9.70. The van der Waals surface area contributed by atoms with Crippen LogP contribution in [0.5, 0.6) is 0 Å². The predicted molar refractivity (Wildman–Crippen MR) is 119 cm³/mol. The second-order valence-corrected chi connectivity index (χ2v) is 8.69. The number of halogens is 1. The molecule has 0 unspecified atom stereocenters. The SMILES string of the molecule is Cc1cc(C)n(-c2cnc(C(=O)Nc3ccc(F)c([C@]4(C)CCSC(N)=N4)c3)cn2)n1. The van der Waals surface area contributed by atoms with Crippen molar-refractivity contribution >= 4 is 28.5 Å². The Bertz CT molecular complexity index is 1170. The van der Waals surface area contributed by atoms with Gasteiger partial charge in [0.15, 0.2) is 11.0 Å². The van der Waals surface area contributed by atoms with Crippen molar-refractivity contribution in [2.45, 2.75) is 32.7 Å². The van der Waals surface area contributed by atoms with Crippen molar-refractivity contribution in [3.05, 3.63) is 65.1 Å². The topological polar surface area (TPSA) is 111 Å². The number of rotatable bonds is 4. The zero-order valence-electron chi connectivity index (χ0n) is 17.4. The van der Waals surface area contributed by atoms with E-state index in [1.54, 1.807) is 10.7 Å². The van der Waals surface area contributed by atoms with Crippen LogP contribution in [0, 0.1) is 19.7 Å². The lowest BCUT2D eigenvalue weighted by atomic mass is 9.89. The number of aromatic nitrogens is 4. The van der Waals surface area contributed by atoms with Gasteiger partial charge in [0.1, 0.15) is 11.5 Å². The summed E-state index contributed by atoms with van der Waals surface area (Å²) >= 11 is 1.45. The first-order valence-corrected chi connectivity index (χ1v) is 10.7. The van der Waals surface area contributed by atoms with E-state index in [4.69, 9.17) is 5.73 Å². The summed E-state index contributed by atoms with van der Waals surface area (Å²) in [6, 6.07) is 6.35. The van der Waals surface area contributed by atoms with Crippen LogP contribution in [0.1, 0.15) is 40.8 Å². The summed E-state index contributed by atoms with van der Waals surface area (Å²) in [4.78, 5) is 25.6. The largest absolute Gasteiger partial charge is 0.379 e. The number of benzene rings is 1. The Morgan fingerprint density at radius 1 is 1.26 bits per heavy atom. The van der Waals surface area contributed by atoms with Gasteiger partial charge in [-0.1, -0.05) is 11.8 Å². The second-order valence-electron chi connectivity index (χ2n) is 7.57. The maximum absolute atomic E-state index is 14.6. The fourth-order valence-electron chi connectivity index (χ4n) is 3.50. The lowest BCUT2D eigenvalue weighted by Gasteiger charge is -2.30. The van der Waals surface area contributed by atoms with Gasteiger partial charge in [-0.2, -0.15) is 5.10 Å². The van der Waals surface area contributed by atoms with Gasteiger partial charge in [-0.3, -0.25) is 9.79 Å². The van der Waals surface area contributed by atoms with E-state index >= 15 is 0 Å². The number of amidine groups is 1. The van der Waals surface area contributed by atoms with E-state index in [1.165, 1.54) is 36.3 Å². The zero-order valence-corrected chi connectivity index (χ0v) is 18.2. The molecule has 160 valence electrons. The van der Waals surface area contributed by atoms with Gasteiger partial charge in [0, 0.05) is 22.7 Å².